The maximum atomic E-state index is 12.7. The molecule has 0 fully saturated rings. The Kier molecular flexibility index (Phi) is 7.55. The Morgan fingerprint density at radius 2 is 2.03 bits per heavy atom. The van der Waals surface area contributed by atoms with Gasteiger partial charge in [-0.05, 0) is 42.0 Å². The summed E-state index contributed by atoms with van der Waals surface area (Å²) in [6, 6.07) is 17.7. The second-order valence-corrected chi connectivity index (χ2v) is 9.43. The fraction of sp³-hybridized carbons (Fsp3) is 0.308. The minimum absolute atomic E-state index is 0.0729. The average Bonchev–Trinajstić information content (AvgIpc) is 3.19. The topological polar surface area (TPSA) is 104 Å². The van der Waals surface area contributed by atoms with Crippen molar-refractivity contribution in [2.24, 2.45) is 0 Å². The zero-order chi connectivity index (χ0) is 23.9. The number of amides is 2. The largest absolute Gasteiger partial charge is 0.446 e. The summed E-state index contributed by atoms with van der Waals surface area (Å²) in [6.07, 6.45) is 3.04. The third-order valence-corrected chi connectivity index (χ3v) is 7.03. The smallest absolute Gasteiger partial charge is 0.407 e. The first-order valence-electron chi connectivity index (χ1n) is 11.3. The fourth-order valence-corrected chi connectivity index (χ4v) is 5.35. The highest BCUT2D eigenvalue weighted by Crippen LogP contribution is 2.38. The first kappa shape index (κ1) is 23.5. The maximum absolute atomic E-state index is 12.7. The number of aromatic nitrogens is 1. The normalized spacial score (nSPS) is 15.5. The van der Waals surface area contributed by atoms with Crippen molar-refractivity contribution in [1.29, 1.82) is 5.26 Å². The van der Waals surface area contributed by atoms with Crippen molar-refractivity contribution in [3.8, 4) is 6.07 Å². The van der Waals surface area contributed by atoms with Gasteiger partial charge in [0.15, 0.2) is 0 Å². The van der Waals surface area contributed by atoms with Crippen LogP contribution in [0.5, 0.6) is 0 Å². The number of fused-ring (bicyclic) bond motifs is 1. The molecule has 2 N–H and O–H groups in total. The second-order valence-electron chi connectivity index (χ2n) is 8.33. The van der Waals surface area contributed by atoms with Gasteiger partial charge in [-0.1, -0.05) is 43.3 Å². The maximum Gasteiger partial charge on any atom is 0.407 e. The van der Waals surface area contributed by atoms with Crippen molar-refractivity contribution in [2.45, 2.75) is 51.2 Å². The van der Waals surface area contributed by atoms with Gasteiger partial charge < -0.3 is 15.4 Å². The van der Waals surface area contributed by atoms with Crippen LogP contribution in [0, 0.1) is 11.3 Å². The first-order chi connectivity index (χ1) is 16.5. The van der Waals surface area contributed by atoms with Crippen molar-refractivity contribution in [3.05, 3.63) is 82.0 Å². The molecule has 7 nitrogen and oxygen atoms in total. The van der Waals surface area contributed by atoms with Gasteiger partial charge >= 0.3 is 6.09 Å². The molecule has 2 atom stereocenters. The summed E-state index contributed by atoms with van der Waals surface area (Å²) >= 11 is 1.40. The van der Waals surface area contributed by atoms with Crippen LogP contribution >= 0.6 is 11.3 Å². The molecule has 0 saturated heterocycles. The Labute approximate surface area is 202 Å². The number of rotatable bonds is 7. The van der Waals surface area contributed by atoms with Gasteiger partial charge in [0.2, 0.25) is 5.91 Å². The summed E-state index contributed by atoms with van der Waals surface area (Å²) in [5.74, 6) is -0.0446. The highest BCUT2D eigenvalue weighted by molar-refractivity contribution is 7.16. The molecule has 2 aromatic heterocycles. The number of benzene rings is 1. The van der Waals surface area contributed by atoms with Gasteiger partial charge in [-0.15, -0.1) is 11.3 Å². The number of hydrogen-bond donors (Lipinski definition) is 2. The highest BCUT2D eigenvalue weighted by Gasteiger charge is 2.28. The number of carbonyl (C=O) groups is 2. The van der Waals surface area contributed by atoms with Crippen molar-refractivity contribution >= 4 is 28.3 Å². The van der Waals surface area contributed by atoms with E-state index in [2.05, 4.69) is 21.7 Å². The first-order valence-corrected chi connectivity index (χ1v) is 12.1. The van der Waals surface area contributed by atoms with Crippen LogP contribution in [0.3, 0.4) is 0 Å². The molecule has 0 spiro atoms. The van der Waals surface area contributed by atoms with E-state index >= 15 is 0 Å². The van der Waals surface area contributed by atoms with Gasteiger partial charge in [-0.2, -0.15) is 5.26 Å². The molecule has 0 radical (unpaired) electrons. The molecule has 2 amide bonds. The van der Waals surface area contributed by atoms with Crippen LogP contribution in [-0.4, -0.2) is 23.1 Å². The third-order valence-electron chi connectivity index (χ3n) is 5.86. The van der Waals surface area contributed by atoms with E-state index in [-0.39, 0.29) is 17.9 Å². The summed E-state index contributed by atoms with van der Waals surface area (Å²) in [6.45, 7) is 2.31. The minimum atomic E-state index is -0.486. The lowest BCUT2D eigenvalue weighted by atomic mass is 9.93. The predicted molar refractivity (Wildman–Crippen MR) is 131 cm³/mol. The van der Waals surface area contributed by atoms with Crippen LogP contribution in [0.2, 0.25) is 0 Å². The van der Waals surface area contributed by atoms with E-state index in [1.165, 1.54) is 11.3 Å². The van der Waals surface area contributed by atoms with E-state index in [1.807, 2.05) is 55.5 Å². The Morgan fingerprint density at radius 1 is 1.24 bits per heavy atom. The molecular formula is C26H26N4O3S. The number of pyridine rings is 1. The van der Waals surface area contributed by atoms with Crippen LogP contribution in [0.25, 0.3) is 0 Å². The molecule has 3 aromatic rings. The lowest BCUT2D eigenvalue weighted by Crippen LogP contribution is -2.31. The Balaban J connectivity index is 1.34. The average molecular weight is 475 g/mol. The Hall–Kier alpha value is -3.70. The lowest BCUT2D eigenvalue weighted by molar-refractivity contribution is -0.116. The summed E-state index contributed by atoms with van der Waals surface area (Å²) in [7, 11) is 0. The van der Waals surface area contributed by atoms with Gasteiger partial charge in [0, 0.05) is 23.9 Å². The monoisotopic (exact) mass is 474 g/mol. The number of carbonyl (C=O) groups excluding carboxylic acids is 2. The van der Waals surface area contributed by atoms with Crippen molar-refractivity contribution in [2.75, 3.05) is 5.32 Å². The van der Waals surface area contributed by atoms with Crippen molar-refractivity contribution < 1.29 is 14.3 Å². The summed E-state index contributed by atoms with van der Waals surface area (Å²) < 4.78 is 5.59. The molecule has 8 heteroatoms. The summed E-state index contributed by atoms with van der Waals surface area (Å²) in [5, 5.41) is 16.0. The van der Waals surface area contributed by atoms with Crippen LogP contribution in [0.4, 0.5) is 9.80 Å². The minimum Gasteiger partial charge on any atom is -0.446 e. The highest BCUT2D eigenvalue weighted by atomic mass is 32.1. The van der Waals surface area contributed by atoms with Gasteiger partial charge in [0.1, 0.15) is 17.2 Å². The SMILES string of the molecule is CC(CC(=O)Nc1sc2c(c1C#N)CCC(OC(=O)NCc1ccccn1)C2)c1ccccc1. The number of nitriles is 1. The number of hydrogen-bond acceptors (Lipinski definition) is 6. The van der Waals surface area contributed by atoms with Gasteiger partial charge in [-0.3, -0.25) is 9.78 Å². The lowest BCUT2D eigenvalue weighted by Gasteiger charge is -2.22. The Bertz CT molecular complexity index is 1190. The predicted octanol–water partition coefficient (Wildman–Crippen LogP) is 4.93. The number of anilines is 1. The molecule has 1 aliphatic rings. The summed E-state index contributed by atoms with van der Waals surface area (Å²) in [5.41, 5.74) is 3.33. The van der Waals surface area contributed by atoms with Crippen LogP contribution in [0.1, 0.15) is 52.9 Å². The van der Waals surface area contributed by atoms with Crippen LogP contribution in [0.15, 0.2) is 54.7 Å². The number of ether oxygens (including phenoxy) is 1. The van der Waals surface area contributed by atoms with E-state index < -0.39 is 6.09 Å². The van der Waals surface area contributed by atoms with E-state index in [0.717, 1.165) is 21.7 Å². The van der Waals surface area contributed by atoms with Crippen molar-refractivity contribution in [3.63, 3.8) is 0 Å². The standard InChI is InChI=1S/C26H26N4O3S/c1-17(18-7-3-2-4-8-18)13-24(31)30-25-22(15-27)21-11-10-20(14-23(21)34-25)33-26(32)29-16-19-9-5-6-12-28-19/h2-9,12,17,20H,10-11,13-14,16H2,1H3,(H,29,32)(H,30,31). The summed E-state index contributed by atoms with van der Waals surface area (Å²) in [4.78, 5) is 30.1. The zero-order valence-corrected chi connectivity index (χ0v) is 19.7. The molecule has 1 aliphatic carbocycles. The molecular weight excluding hydrogens is 448 g/mol. The zero-order valence-electron chi connectivity index (χ0n) is 18.9. The molecule has 174 valence electrons. The molecule has 0 aliphatic heterocycles. The number of nitrogens with one attached hydrogen (secondary N) is 2. The molecule has 4 rings (SSSR count). The third kappa shape index (κ3) is 5.80. The molecule has 2 unspecified atom stereocenters. The molecule has 0 bridgehead atoms. The van der Waals surface area contributed by atoms with Crippen LogP contribution in [-0.2, 0) is 28.9 Å². The van der Waals surface area contributed by atoms with E-state index in [0.29, 0.717) is 42.8 Å². The van der Waals surface area contributed by atoms with Gasteiger partial charge in [0.05, 0.1) is 17.8 Å². The van der Waals surface area contributed by atoms with E-state index in [9.17, 15) is 14.9 Å². The van der Waals surface area contributed by atoms with E-state index in [4.69, 9.17) is 4.74 Å². The van der Waals surface area contributed by atoms with E-state index in [1.54, 1.807) is 6.20 Å². The van der Waals surface area contributed by atoms with Crippen molar-refractivity contribution in [1.82, 2.24) is 10.3 Å². The van der Waals surface area contributed by atoms with Gasteiger partial charge in [0.25, 0.3) is 0 Å². The number of alkyl carbamates (subject to hydrolysis) is 1. The van der Waals surface area contributed by atoms with Crippen LogP contribution < -0.4 is 10.6 Å². The Morgan fingerprint density at radius 3 is 2.76 bits per heavy atom. The number of nitrogens with zero attached hydrogens (tertiary/aromatic N) is 2. The quantitative estimate of drug-likeness (QED) is 0.505. The molecule has 2 heterocycles. The molecule has 34 heavy (non-hydrogen) atoms. The molecule has 1 aromatic carbocycles. The van der Waals surface area contributed by atoms with Gasteiger partial charge in [-0.25, -0.2) is 4.79 Å². The number of thiophene rings is 1. The second kappa shape index (κ2) is 10.9. The fourth-order valence-electron chi connectivity index (χ4n) is 4.08. The molecule has 0 saturated carbocycles.